The molecule has 1 aliphatic rings. The van der Waals surface area contributed by atoms with E-state index in [1.165, 1.54) is 0 Å². The number of amides is 2. The summed E-state index contributed by atoms with van der Waals surface area (Å²) in [5.74, 6) is -0.157. The molecule has 4 rings (SSSR count). The number of fused-ring (bicyclic) bond motifs is 1. The van der Waals surface area contributed by atoms with E-state index in [1.807, 2.05) is 60.8 Å². The van der Waals surface area contributed by atoms with Gasteiger partial charge in [-0.2, -0.15) is 5.10 Å². The number of para-hydroxylation sites is 1. The number of nitrogens with one attached hydrogen (secondary N) is 2. The minimum absolute atomic E-state index is 0.0347. The van der Waals surface area contributed by atoms with Gasteiger partial charge in [0.1, 0.15) is 0 Å². The van der Waals surface area contributed by atoms with Gasteiger partial charge in [0.25, 0.3) is 0 Å². The van der Waals surface area contributed by atoms with Gasteiger partial charge in [-0.25, -0.2) is 0 Å². The largest absolute Gasteiger partial charge is 0.356 e. The number of hydrogen-bond donors (Lipinski definition) is 2. The minimum Gasteiger partial charge on any atom is -0.356 e. The Morgan fingerprint density at radius 2 is 1.86 bits per heavy atom. The first-order valence-electron chi connectivity index (χ1n) is 9.76. The van der Waals surface area contributed by atoms with Crippen LogP contribution in [0, 0.1) is 0 Å². The van der Waals surface area contributed by atoms with E-state index in [-0.39, 0.29) is 18.2 Å². The number of anilines is 1. The van der Waals surface area contributed by atoms with Crippen molar-refractivity contribution in [2.75, 3.05) is 18.5 Å². The molecule has 6 nitrogen and oxygen atoms in total. The monoisotopic (exact) mass is 388 g/mol. The smallest absolute Gasteiger partial charge is 0.238 e. The number of hydrogen-bond acceptors (Lipinski definition) is 3. The van der Waals surface area contributed by atoms with Crippen molar-refractivity contribution in [1.29, 1.82) is 0 Å². The molecule has 3 aromatic rings. The summed E-state index contributed by atoms with van der Waals surface area (Å²) in [6.07, 6.45) is 4.86. The van der Waals surface area contributed by atoms with Crippen LogP contribution in [0.2, 0.25) is 0 Å². The summed E-state index contributed by atoms with van der Waals surface area (Å²) in [4.78, 5) is 28.0. The van der Waals surface area contributed by atoms with Crippen molar-refractivity contribution in [2.24, 2.45) is 0 Å². The summed E-state index contributed by atoms with van der Waals surface area (Å²) in [7, 11) is 1.78. The van der Waals surface area contributed by atoms with Gasteiger partial charge in [0.2, 0.25) is 11.8 Å². The van der Waals surface area contributed by atoms with Gasteiger partial charge < -0.3 is 10.2 Å². The molecule has 1 unspecified atom stereocenters. The van der Waals surface area contributed by atoms with E-state index in [2.05, 4.69) is 15.5 Å². The van der Waals surface area contributed by atoms with Crippen LogP contribution in [0.15, 0.2) is 67.0 Å². The van der Waals surface area contributed by atoms with Crippen LogP contribution in [-0.4, -0.2) is 35.6 Å². The number of H-pyrrole nitrogens is 1. The molecule has 0 bridgehead atoms. The molecule has 0 fully saturated rings. The molecule has 148 valence electrons. The normalized spacial score (nSPS) is 18.0. The molecule has 0 radical (unpaired) electrons. The fourth-order valence-electron chi connectivity index (χ4n) is 4.16. The number of benzene rings is 2. The number of aromatic amines is 1. The summed E-state index contributed by atoms with van der Waals surface area (Å²) in [5.41, 5.74) is 2.97. The fraction of sp³-hybridized carbons (Fsp3) is 0.261. The van der Waals surface area contributed by atoms with Gasteiger partial charge >= 0.3 is 0 Å². The standard InChI is InChI=1S/C23H24N4O2/c1-27-20-10-6-5-9-19(20)23(22(27)29,13-17-7-3-2-4-8-17)14-21(28)24-12-11-18-15-25-26-16-18/h2-10,15-16H,11-14H2,1H3,(H,24,28)(H,25,26). The molecular formula is C23H24N4O2. The number of carbonyl (C=O) groups is 2. The number of likely N-dealkylation sites (N-methyl/N-ethyl adjacent to an activating group) is 1. The molecule has 1 aromatic heterocycles. The molecule has 6 heteroatoms. The highest BCUT2D eigenvalue weighted by molar-refractivity contribution is 6.09. The maximum atomic E-state index is 13.4. The van der Waals surface area contributed by atoms with E-state index in [4.69, 9.17) is 0 Å². The first-order chi connectivity index (χ1) is 14.1. The molecule has 0 saturated carbocycles. The zero-order valence-corrected chi connectivity index (χ0v) is 16.4. The van der Waals surface area contributed by atoms with E-state index in [9.17, 15) is 9.59 Å². The van der Waals surface area contributed by atoms with E-state index < -0.39 is 5.41 Å². The van der Waals surface area contributed by atoms with E-state index >= 15 is 0 Å². The van der Waals surface area contributed by atoms with Gasteiger partial charge in [-0.05, 0) is 35.6 Å². The number of aromatic nitrogens is 2. The van der Waals surface area contributed by atoms with Crippen molar-refractivity contribution in [2.45, 2.75) is 24.7 Å². The third kappa shape index (κ3) is 3.66. The highest BCUT2D eigenvalue weighted by atomic mass is 16.2. The Labute approximate surface area is 169 Å². The van der Waals surface area contributed by atoms with Gasteiger partial charge in [0, 0.05) is 31.9 Å². The van der Waals surface area contributed by atoms with Crippen LogP contribution in [0.4, 0.5) is 5.69 Å². The van der Waals surface area contributed by atoms with Crippen LogP contribution in [0.1, 0.15) is 23.1 Å². The average Bonchev–Trinajstić information content (AvgIpc) is 3.32. The van der Waals surface area contributed by atoms with E-state index in [0.29, 0.717) is 19.4 Å². The topological polar surface area (TPSA) is 78.1 Å². The highest BCUT2D eigenvalue weighted by Crippen LogP contribution is 2.45. The number of carbonyl (C=O) groups excluding carboxylic acids is 2. The van der Waals surface area contributed by atoms with Gasteiger partial charge in [-0.3, -0.25) is 14.7 Å². The Kier molecular flexibility index (Phi) is 5.16. The van der Waals surface area contributed by atoms with Crippen molar-refractivity contribution in [1.82, 2.24) is 15.5 Å². The second kappa shape index (κ2) is 7.91. The van der Waals surface area contributed by atoms with Crippen molar-refractivity contribution in [3.8, 4) is 0 Å². The number of nitrogens with zero attached hydrogens (tertiary/aromatic N) is 2. The average molecular weight is 388 g/mol. The predicted molar refractivity (Wildman–Crippen MR) is 112 cm³/mol. The lowest BCUT2D eigenvalue weighted by Crippen LogP contribution is -2.44. The summed E-state index contributed by atoms with van der Waals surface area (Å²) in [5, 5.41) is 9.66. The summed E-state index contributed by atoms with van der Waals surface area (Å²) >= 11 is 0. The molecule has 1 aliphatic heterocycles. The quantitative estimate of drug-likeness (QED) is 0.653. The lowest BCUT2D eigenvalue weighted by molar-refractivity contribution is -0.129. The molecule has 0 aliphatic carbocycles. The van der Waals surface area contributed by atoms with Gasteiger partial charge in [0.05, 0.1) is 11.6 Å². The third-order valence-electron chi connectivity index (χ3n) is 5.60. The second-order valence-electron chi connectivity index (χ2n) is 7.51. The fourth-order valence-corrected chi connectivity index (χ4v) is 4.16. The molecule has 2 amide bonds. The van der Waals surface area contributed by atoms with Crippen LogP contribution < -0.4 is 10.2 Å². The van der Waals surface area contributed by atoms with E-state index in [1.54, 1.807) is 18.1 Å². The maximum absolute atomic E-state index is 13.4. The van der Waals surface area contributed by atoms with Crippen LogP contribution in [0.5, 0.6) is 0 Å². The van der Waals surface area contributed by atoms with Crippen LogP contribution in [0.25, 0.3) is 0 Å². The Morgan fingerprint density at radius 1 is 1.10 bits per heavy atom. The summed E-state index contributed by atoms with van der Waals surface area (Å²) < 4.78 is 0. The SMILES string of the molecule is CN1C(=O)C(CC(=O)NCCc2cn[nH]c2)(Cc2ccccc2)c2ccccc21. The van der Waals surface area contributed by atoms with Crippen molar-refractivity contribution < 1.29 is 9.59 Å². The van der Waals surface area contributed by atoms with Crippen molar-refractivity contribution in [3.05, 3.63) is 83.7 Å². The molecular weight excluding hydrogens is 364 g/mol. The molecule has 0 saturated heterocycles. The summed E-state index contributed by atoms with van der Waals surface area (Å²) in [6, 6.07) is 17.7. The predicted octanol–water partition coefficient (Wildman–Crippen LogP) is 2.62. The zero-order valence-electron chi connectivity index (χ0n) is 16.4. The van der Waals surface area contributed by atoms with Crippen molar-refractivity contribution in [3.63, 3.8) is 0 Å². The number of rotatable bonds is 7. The Morgan fingerprint density at radius 3 is 2.62 bits per heavy atom. The third-order valence-corrected chi connectivity index (χ3v) is 5.60. The molecule has 2 aromatic carbocycles. The molecule has 1 atom stereocenters. The van der Waals surface area contributed by atoms with Gasteiger partial charge in [0.15, 0.2) is 0 Å². The molecule has 29 heavy (non-hydrogen) atoms. The maximum Gasteiger partial charge on any atom is 0.238 e. The Balaban J connectivity index is 1.59. The molecule has 2 N–H and O–H groups in total. The second-order valence-corrected chi connectivity index (χ2v) is 7.51. The summed E-state index contributed by atoms with van der Waals surface area (Å²) in [6.45, 7) is 0.505. The highest BCUT2D eigenvalue weighted by Gasteiger charge is 2.50. The first-order valence-corrected chi connectivity index (χ1v) is 9.76. The van der Waals surface area contributed by atoms with Gasteiger partial charge in [-0.1, -0.05) is 48.5 Å². The Hall–Kier alpha value is -3.41. The van der Waals surface area contributed by atoms with Crippen LogP contribution >= 0.6 is 0 Å². The molecule has 0 spiro atoms. The minimum atomic E-state index is -0.896. The zero-order chi connectivity index (χ0) is 20.3. The molecule has 2 heterocycles. The van der Waals surface area contributed by atoms with E-state index in [0.717, 1.165) is 22.4 Å². The Bertz CT molecular complexity index is 1000. The lowest BCUT2D eigenvalue weighted by atomic mass is 9.73. The first kappa shape index (κ1) is 18.9. The van der Waals surface area contributed by atoms with Crippen molar-refractivity contribution >= 4 is 17.5 Å². The lowest BCUT2D eigenvalue weighted by Gasteiger charge is -2.28. The van der Waals surface area contributed by atoms with Gasteiger partial charge in [-0.15, -0.1) is 0 Å². The van der Waals surface area contributed by atoms with Crippen LogP contribution in [0.3, 0.4) is 0 Å². The van der Waals surface area contributed by atoms with Crippen LogP contribution in [-0.2, 0) is 27.8 Å².